The van der Waals surface area contributed by atoms with Crippen LogP contribution in [-0.4, -0.2) is 19.2 Å². The SMILES string of the molecule is CCc1ccc(/C=N/NC(=O)[C@@H](C)c2ccc3cc(OC)ccc3c2)o1. The third kappa shape index (κ3) is 3.94. The van der Waals surface area contributed by atoms with Crippen LogP contribution in [0.25, 0.3) is 10.8 Å². The van der Waals surface area contributed by atoms with Gasteiger partial charge in [-0.25, -0.2) is 5.43 Å². The number of nitrogens with zero attached hydrogens (tertiary/aromatic N) is 1. The standard InChI is InChI=1S/C21H22N2O3/c1-4-18-9-10-20(26-18)13-22-23-21(24)14(2)15-5-6-17-12-19(25-3)8-7-16(17)11-15/h5-14H,4H2,1-3H3,(H,23,24)/b22-13+/t14-/m0/s1. The van der Waals surface area contributed by atoms with Gasteiger partial charge >= 0.3 is 0 Å². The zero-order valence-electron chi connectivity index (χ0n) is 15.2. The second kappa shape index (κ2) is 7.87. The Morgan fingerprint density at radius 3 is 2.69 bits per heavy atom. The molecule has 5 nitrogen and oxygen atoms in total. The smallest absolute Gasteiger partial charge is 0.247 e. The molecule has 134 valence electrons. The number of amides is 1. The number of hydrogen-bond donors (Lipinski definition) is 1. The number of hydrogen-bond acceptors (Lipinski definition) is 4. The Balaban J connectivity index is 1.68. The first-order valence-corrected chi connectivity index (χ1v) is 8.60. The lowest BCUT2D eigenvalue weighted by Gasteiger charge is -2.11. The Kier molecular flexibility index (Phi) is 5.37. The molecule has 2 aromatic carbocycles. The molecular weight excluding hydrogens is 328 g/mol. The largest absolute Gasteiger partial charge is 0.497 e. The van der Waals surface area contributed by atoms with Crippen molar-refractivity contribution in [2.75, 3.05) is 7.11 Å². The predicted octanol–water partition coefficient (Wildman–Crippen LogP) is 4.26. The summed E-state index contributed by atoms with van der Waals surface area (Å²) in [6, 6.07) is 15.6. The number of carbonyl (C=O) groups excluding carboxylic acids is 1. The molecule has 0 aliphatic carbocycles. The van der Waals surface area contributed by atoms with E-state index < -0.39 is 0 Å². The van der Waals surface area contributed by atoms with Crippen LogP contribution in [0.2, 0.25) is 0 Å². The van der Waals surface area contributed by atoms with Crippen molar-refractivity contribution in [2.45, 2.75) is 26.2 Å². The highest BCUT2D eigenvalue weighted by Crippen LogP contribution is 2.25. The Morgan fingerprint density at radius 1 is 1.19 bits per heavy atom. The van der Waals surface area contributed by atoms with E-state index in [-0.39, 0.29) is 11.8 Å². The molecule has 0 saturated heterocycles. The molecule has 0 saturated carbocycles. The van der Waals surface area contributed by atoms with E-state index in [0.717, 1.165) is 34.3 Å². The van der Waals surface area contributed by atoms with Crippen molar-refractivity contribution in [1.82, 2.24) is 5.43 Å². The zero-order chi connectivity index (χ0) is 18.5. The molecule has 1 atom stereocenters. The summed E-state index contributed by atoms with van der Waals surface area (Å²) in [6.45, 7) is 3.88. The van der Waals surface area contributed by atoms with Gasteiger partial charge in [-0.15, -0.1) is 0 Å². The van der Waals surface area contributed by atoms with Crippen LogP contribution in [0, 0.1) is 0 Å². The highest BCUT2D eigenvalue weighted by atomic mass is 16.5. The van der Waals surface area contributed by atoms with Crippen molar-refractivity contribution in [3.63, 3.8) is 0 Å². The first-order chi connectivity index (χ1) is 12.6. The van der Waals surface area contributed by atoms with Gasteiger partial charge in [-0.2, -0.15) is 5.10 Å². The highest BCUT2D eigenvalue weighted by molar-refractivity contribution is 5.88. The summed E-state index contributed by atoms with van der Waals surface area (Å²) >= 11 is 0. The van der Waals surface area contributed by atoms with Gasteiger partial charge in [-0.1, -0.05) is 31.2 Å². The Labute approximate surface area is 152 Å². The maximum Gasteiger partial charge on any atom is 0.247 e. The van der Waals surface area contributed by atoms with E-state index in [1.54, 1.807) is 7.11 Å². The van der Waals surface area contributed by atoms with Crippen LogP contribution < -0.4 is 10.2 Å². The normalized spacial score (nSPS) is 12.4. The molecule has 0 unspecified atom stereocenters. The Morgan fingerprint density at radius 2 is 1.96 bits per heavy atom. The van der Waals surface area contributed by atoms with E-state index in [0.29, 0.717) is 5.76 Å². The number of rotatable bonds is 6. The van der Waals surface area contributed by atoms with Gasteiger partial charge in [0.15, 0.2) is 0 Å². The number of aryl methyl sites for hydroxylation is 1. The van der Waals surface area contributed by atoms with E-state index >= 15 is 0 Å². The van der Waals surface area contributed by atoms with Crippen molar-refractivity contribution in [2.24, 2.45) is 5.10 Å². The van der Waals surface area contributed by atoms with Gasteiger partial charge in [0, 0.05) is 6.42 Å². The molecule has 26 heavy (non-hydrogen) atoms. The van der Waals surface area contributed by atoms with Gasteiger partial charge in [0.1, 0.15) is 17.3 Å². The summed E-state index contributed by atoms with van der Waals surface area (Å²) in [4.78, 5) is 12.4. The van der Waals surface area contributed by atoms with E-state index in [1.165, 1.54) is 6.21 Å². The van der Waals surface area contributed by atoms with E-state index in [9.17, 15) is 4.79 Å². The van der Waals surface area contributed by atoms with Crippen LogP contribution in [0.15, 0.2) is 58.0 Å². The summed E-state index contributed by atoms with van der Waals surface area (Å²) in [5, 5.41) is 6.12. The lowest BCUT2D eigenvalue weighted by Crippen LogP contribution is -2.23. The number of ether oxygens (including phenoxy) is 1. The predicted molar refractivity (Wildman–Crippen MR) is 103 cm³/mol. The number of methoxy groups -OCH3 is 1. The minimum atomic E-state index is -0.318. The molecule has 0 aliphatic rings. The molecule has 3 rings (SSSR count). The molecule has 1 aromatic heterocycles. The lowest BCUT2D eigenvalue weighted by atomic mass is 9.97. The van der Waals surface area contributed by atoms with Crippen LogP contribution in [-0.2, 0) is 11.2 Å². The van der Waals surface area contributed by atoms with Crippen molar-refractivity contribution in [3.05, 3.63) is 65.6 Å². The van der Waals surface area contributed by atoms with E-state index in [1.807, 2.05) is 62.4 Å². The lowest BCUT2D eigenvalue weighted by molar-refractivity contribution is -0.122. The number of nitrogens with one attached hydrogen (secondary N) is 1. The number of carbonyl (C=O) groups is 1. The van der Waals surface area contributed by atoms with Crippen LogP contribution in [0.3, 0.4) is 0 Å². The number of hydrazone groups is 1. The molecule has 0 bridgehead atoms. The average Bonchev–Trinajstić information content (AvgIpc) is 3.14. The molecule has 5 heteroatoms. The third-order valence-corrected chi connectivity index (χ3v) is 4.36. The topological polar surface area (TPSA) is 63.8 Å². The van der Waals surface area contributed by atoms with Gasteiger partial charge in [0.2, 0.25) is 5.91 Å². The van der Waals surface area contributed by atoms with Gasteiger partial charge < -0.3 is 9.15 Å². The first-order valence-electron chi connectivity index (χ1n) is 8.60. The number of furan rings is 1. The van der Waals surface area contributed by atoms with Crippen molar-refractivity contribution in [1.29, 1.82) is 0 Å². The Hall–Kier alpha value is -3.08. The molecule has 0 aliphatic heterocycles. The van der Waals surface area contributed by atoms with Crippen molar-refractivity contribution < 1.29 is 13.9 Å². The van der Waals surface area contributed by atoms with E-state index in [4.69, 9.17) is 9.15 Å². The fourth-order valence-corrected chi connectivity index (χ4v) is 2.70. The summed E-state index contributed by atoms with van der Waals surface area (Å²) in [6.07, 6.45) is 2.33. The fourth-order valence-electron chi connectivity index (χ4n) is 2.70. The van der Waals surface area contributed by atoms with Crippen LogP contribution in [0.5, 0.6) is 5.75 Å². The molecule has 1 N–H and O–H groups in total. The maximum atomic E-state index is 12.4. The Bertz CT molecular complexity index is 943. The monoisotopic (exact) mass is 350 g/mol. The molecule has 0 spiro atoms. The maximum absolute atomic E-state index is 12.4. The molecule has 3 aromatic rings. The second-order valence-corrected chi connectivity index (χ2v) is 6.09. The summed E-state index contributed by atoms with van der Waals surface area (Å²) in [5.74, 6) is 1.83. The number of benzene rings is 2. The minimum absolute atomic E-state index is 0.170. The minimum Gasteiger partial charge on any atom is -0.497 e. The quantitative estimate of drug-likeness (QED) is 0.534. The molecule has 0 radical (unpaired) electrons. The third-order valence-electron chi connectivity index (χ3n) is 4.36. The molecule has 1 heterocycles. The van der Waals surface area contributed by atoms with Gasteiger partial charge in [-0.05, 0) is 47.5 Å². The first kappa shape index (κ1) is 17.7. The second-order valence-electron chi connectivity index (χ2n) is 6.09. The fraction of sp³-hybridized carbons (Fsp3) is 0.238. The zero-order valence-corrected chi connectivity index (χ0v) is 15.2. The van der Waals surface area contributed by atoms with Gasteiger partial charge in [0.25, 0.3) is 0 Å². The van der Waals surface area contributed by atoms with Crippen LogP contribution in [0.1, 0.15) is 36.8 Å². The molecule has 0 fully saturated rings. The highest BCUT2D eigenvalue weighted by Gasteiger charge is 2.15. The van der Waals surface area contributed by atoms with Crippen LogP contribution in [0.4, 0.5) is 0 Å². The van der Waals surface area contributed by atoms with E-state index in [2.05, 4.69) is 10.5 Å². The van der Waals surface area contributed by atoms with Crippen molar-refractivity contribution >= 4 is 22.9 Å². The van der Waals surface area contributed by atoms with Gasteiger partial charge in [0.05, 0.1) is 19.2 Å². The summed E-state index contributed by atoms with van der Waals surface area (Å²) in [7, 11) is 1.65. The summed E-state index contributed by atoms with van der Waals surface area (Å²) in [5.41, 5.74) is 3.51. The van der Waals surface area contributed by atoms with Crippen molar-refractivity contribution in [3.8, 4) is 5.75 Å². The number of fused-ring (bicyclic) bond motifs is 1. The van der Waals surface area contributed by atoms with Gasteiger partial charge in [-0.3, -0.25) is 4.79 Å². The molecular formula is C21H22N2O3. The molecule has 1 amide bonds. The van der Waals surface area contributed by atoms with Crippen LogP contribution >= 0.6 is 0 Å². The average molecular weight is 350 g/mol. The summed E-state index contributed by atoms with van der Waals surface area (Å²) < 4.78 is 10.8.